The van der Waals surface area contributed by atoms with Crippen molar-refractivity contribution in [1.82, 2.24) is 10.3 Å². The zero-order valence-corrected chi connectivity index (χ0v) is 13.0. The van der Waals surface area contributed by atoms with Gasteiger partial charge in [-0.15, -0.1) is 0 Å². The lowest BCUT2D eigenvalue weighted by Crippen LogP contribution is -2.20. The maximum atomic E-state index is 6.16. The molecule has 0 saturated heterocycles. The van der Waals surface area contributed by atoms with Gasteiger partial charge in [0.05, 0.1) is 0 Å². The quantitative estimate of drug-likeness (QED) is 0.903. The summed E-state index contributed by atoms with van der Waals surface area (Å²) in [4.78, 5) is 4.52. The number of nitrogens with one attached hydrogen (secondary N) is 1. The number of benzene rings is 1. The van der Waals surface area contributed by atoms with Crippen LogP contribution < -0.4 is 5.32 Å². The molecule has 1 atom stereocenters. The van der Waals surface area contributed by atoms with Gasteiger partial charge in [0, 0.05) is 29.4 Å². The third kappa shape index (κ3) is 3.59. The van der Waals surface area contributed by atoms with Crippen LogP contribution in [0.25, 0.3) is 0 Å². The highest BCUT2D eigenvalue weighted by Crippen LogP contribution is 2.26. The molecule has 0 unspecified atom stereocenters. The lowest BCUT2D eigenvalue weighted by Gasteiger charge is -2.20. The van der Waals surface area contributed by atoms with E-state index in [1.54, 1.807) is 0 Å². The molecule has 0 aliphatic carbocycles. The van der Waals surface area contributed by atoms with E-state index in [4.69, 9.17) is 11.6 Å². The number of pyridine rings is 1. The highest BCUT2D eigenvalue weighted by atomic mass is 35.5. The second kappa shape index (κ2) is 6.87. The van der Waals surface area contributed by atoms with Crippen molar-refractivity contribution in [2.24, 2.45) is 0 Å². The molecule has 0 amide bonds. The fraction of sp³-hybridized carbons (Fsp3) is 0.353. The molecule has 0 radical (unpaired) electrons. The van der Waals surface area contributed by atoms with Crippen LogP contribution >= 0.6 is 11.6 Å². The highest BCUT2D eigenvalue weighted by Gasteiger charge is 2.16. The first-order valence-electron chi connectivity index (χ1n) is 6.93. The second-order valence-electron chi connectivity index (χ2n) is 5.23. The fourth-order valence-electron chi connectivity index (χ4n) is 2.56. The number of likely N-dealkylation sites (N-methyl/N-ethyl adjacent to an activating group) is 1. The molecule has 0 aliphatic rings. The molecular formula is C17H21ClN2. The standard InChI is InChI=1S/C17H21ClN2/c1-12-6-7-15(18)10-16(12)14(11-19-3)9-17-13(2)5-4-8-20-17/h4-8,10,14,19H,9,11H2,1-3H3/t14-/m0/s1. The van der Waals surface area contributed by atoms with E-state index in [2.05, 4.69) is 42.3 Å². The molecule has 1 heterocycles. The van der Waals surface area contributed by atoms with Crippen LogP contribution in [-0.2, 0) is 6.42 Å². The number of nitrogens with zero attached hydrogens (tertiary/aromatic N) is 1. The maximum Gasteiger partial charge on any atom is 0.0439 e. The van der Waals surface area contributed by atoms with E-state index in [1.807, 2.05) is 25.4 Å². The van der Waals surface area contributed by atoms with Gasteiger partial charge in [-0.1, -0.05) is 23.7 Å². The first kappa shape index (κ1) is 15.0. The molecule has 106 valence electrons. The van der Waals surface area contributed by atoms with Gasteiger partial charge in [-0.2, -0.15) is 0 Å². The van der Waals surface area contributed by atoms with Crippen LogP contribution in [0.1, 0.15) is 28.3 Å². The van der Waals surface area contributed by atoms with Crippen LogP contribution in [-0.4, -0.2) is 18.6 Å². The number of rotatable bonds is 5. The average Bonchev–Trinajstić information content (AvgIpc) is 2.43. The Kier molecular flexibility index (Phi) is 5.16. The van der Waals surface area contributed by atoms with Gasteiger partial charge in [0.2, 0.25) is 0 Å². The van der Waals surface area contributed by atoms with E-state index in [1.165, 1.54) is 16.7 Å². The van der Waals surface area contributed by atoms with E-state index in [-0.39, 0.29) is 0 Å². The number of aryl methyl sites for hydroxylation is 2. The Morgan fingerprint density at radius 1 is 1.20 bits per heavy atom. The van der Waals surface area contributed by atoms with Crippen LogP contribution in [0.15, 0.2) is 36.5 Å². The third-order valence-corrected chi connectivity index (χ3v) is 3.92. The smallest absolute Gasteiger partial charge is 0.0439 e. The molecule has 2 aromatic rings. The van der Waals surface area contributed by atoms with Crippen molar-refractivity contribution in [3.8, 4) is 0 Å². The van der Waals surface area contributed by atoms with E-state index in [0.717, 1.165) is 23.7 Å². The Morgan fingerprint density at radius 2 is 2.00 bits per heavy atom. The summed E-state index contributed by atoms with van der Waals surface area (Å²) in [5.41, 5.74) is 4.99. The number of halogens is 1. The Bertz CT molecular complexity index is 581. The summed E-state index contributed by atoms with van der Waals surface area (Å²) < 4.78 is 0. The minimum absolute atomic E-state index is 0.382. The molecule has 0 aliphatic heterocycles. The Hall–Kier alpha value is -1.38. The first-order chi connectivity index (χ1) is 9.61. The normalized spacial score (nSPS) is 12.4. The topological polar surface area (TPSA) is 24.9 Å². The number of aromatic nitrogens is 1. The van der Waals surface area contributed by atoms with Crippen molar-refractivity contribution in [3.63, 3.8) is 0 Å². The average molecular weight is 289 g/mol. The lowest BCUT2D eigenvalue weighted by atomic mass is 9.89. The van der Waals surface area contributed by atoms with Crippen molar-refractivity contribution in [3.05, 3.63) is 63.9 Å². The van der Waals surface area contributed by atoms with Crippen LogP contribution in [0.4, 0.5) is 0 Å². The SMILES string of the molecule is CNC[C@H](Cc1ncccc1C)c1cc(Cl)ccc1C. The number of hydrogen-bond acceptors (Lipinski definition) is 2. The summed E-state index contributed by atoms with van der Waals surface area (Å²) in [5, 5.41) is 4.08. The van der Waals surface area contributed by atoms with Crippen LogP contribution in [0.2, 0.25) is 5.02 Å². The fourth-order valence-corrected chi connectivity index (χ4v) is 2.74. The van der Waals surface area contributed by atoms with E-state index in [0.29, 0.717) is 5.92 Å². The Morgan fingerprint density at radius 3 is 2.70 bits per heavy atom. The van der Waals surface area contributed by atoms with Gasteiger partial charge < -0.3 is 5.32 Å². The molecule has 3 heteroatoms. The highest BCUT2D eigenvalue weighted by molar-refractivity contribution is 6.30. The van der Waals surface area contributed by atoms with Gasteiger partial charge in [-0.3, -0.25) is 4.98 Å². The van der Waals surface area contributed by atoms with Gasteiger partial charge in [-0.05, 0) is 62.2 Å². The second-order valence-corrected chi connectivity index (χ2v) is 5.66. The van der Waals surface area contributed by atoms with E-state index < -0.39 is 0 Å². The molecule has 20 heavy (non-hydrogen) atoms. The minimum Gasteiger partial charge on any atom is -0.319 e. The predicted octanol–water partition coefficient (Wildman–Crippen LogP) is 3.90. The minimum atomic E-state index is 0.382. The van der Waals surface area contributed by atoms with E-state index >= 15 is 0 Å². The van der Waals surface area contributed by atoms with Gasteiger partial charge in [0.1, 0.15) is 0 Å². The van der Waals surface area contributed by atoms with Crippen LogP contribution in [0.5, 0.6) is 0 Å². The number of hydrogen-bond donors (Lipinski definition) is 1. The van der Waals surface area contributed by atoms with Crippen molar-refractivity contribution >= 4 is 11.6 Å². The Labute approximate surface area is 126 Å². The molecule has 2 rings (SSSR count). The molecule has 0 fully saturated rings. The van der Waals surface area contributed by atoms with Gasteiger partial charge >= 0.3 is 0 Å². The summed E-state index contributed by atoms with van der Waals surface area (Å²) in [7, 11) is 1.98. The van der Waals surface area contributed by atoms with Crippen molar-refractivity contribution in [2.45, 2.75) is 26.2 Å². The molecule has 2 nitrogen and oxygen atoms in total. The van der Waals surface area contributed by atoms with Crippen LogP contribution in [0, 0.1) is 13.8 Å². The third-order valence-electron chi connectivity index (χ3n) is 3.69. The molecule has 1 aromatic carbocycles. The first-order valence-corrected chi connectivity index (χ1v) is 7.30. The molecule has 0 bridgehead atoms. The summed E-state index contributed by atoms with van der Waals surface area (Å²) in [6.07, 6.45) is 2.79. The maximum absolute atomic E-state index is 6.16. The van der Waals surface area contributed by atoms with Gasteiger partial charge in [0.15, 0.2) is 0 Å². The summed E-state index contributed by atoms with van der Waals surface area (Å²) >= 11 is 6.16. The predicted molar refractivity (Wildman–Crippen MR) is 85.5 cm³/mol. The molecular weight excluding hydrogens is 268 g/mol. The Balaban J connectivity index is 2.32. The molecule has 1 aromatic heterocycles. The zero-order chi connectivity index (χ0) is 14.5. The lowest BCUT2D eigenvalue weighted by molar-refractivity contribution is 0.613. The van der Waals surface area contributed by atoms with E-state index in [9.17, 15) is 0 Å². The van der Waals surface area contributed by atoms with Gasteiger partial charge in [0.25, 0.3) is 0 Å². The van der Waals surface area contributed by atoms with Crippen molar-refractivity contribution < 1.29 is 0 Å². The summed E-state index contributed by atoms with van der Waals surface area (Å²) in [6, 6.07) is 10.2. The zero-order valence-electron chi connectivity index (χ0n) is 12.3. The molecule has 0 saturated carbocycles. The summed E-state index contributed by atoms with van der Waals surface area (Å²) in [5.74, 6) is 0.382. The van der Waals surface area contributed by atoms with Gasteiger partial charge in [-0.25, -0.2) is 0 Å². The monoisotopic (exact) mass is 288 g/mol. The van der Waals surface area contributed by atoms with Crippen molar-refractivity contribution in [2.75, 3.05) is 13.6 Å². The molecule has 1 N–H and O–H groups in total. The largest absolute Gasteiger partial charge is 0.319 e. The van der Waals surface area contributed by atoms with Crippen molar-refractivity contribution in [1.29, 1.82) is 0 Å². The summed E-state index contributed by atoms with van der Waals surface area (Å²) in [6.45, 7) is 5.17. The van der Waals surface area contributed by atoms with Crippen LogP contribution in [0.3, 0.4) is 0 Å². The molecule has 0 spiro atoms.